The number of unbranched alkanes of at least 4 members (excludes halogenated alkanes) is 1. The van der Waals surface area contributed by atoms with Gasteiger partial charge in [-0.2, -0.15) is 0 Å². The smallest absolute Gasteiger partial charge is 0.253 e. The van der Waals surface area contributed by atoms with Gasteiger partial charge in [0, 0.05) is 25.7 Å². The third-order valence-corrected chi connectivity index (χ3v) is 5.29. The summed E-state index contributed by atoms with van der Waals surface area (Å²) < 4.78 is 27.5. The summed E-state index contributed by atoms with van der Waals surface area (Å²) in [5.74, 6) is -0.173. The lowest BCUT2D eigenvalue weighted by Gasteiger charge is -2.17. The van der Waals surface area contributed by atoms with Crippen LogP contribution in [-0.2, 0) is 16.6 Å². The zero-order valence-corrected chi connectivity index (χ0v) is 15.4. The second-order valence-corrected chi connectivity index (χ2v) is 7.69. The summed E-state index contributed by atoms with van der Waals surface area (Å²) >= 11 is 0. The van der Waals surface area contributed by atoms with Crippen LogP contribution in [0.4, 0.5) is 0 Å². The van der Waals surface area contributed by atoms with Crippen LogP contribution in [0, 0.1) is 0 Å². The minimum absolute atomic E-state index is 0.0955. The van der Waals surface area contributed by atoms with Crippen molar-refractivity contribution in [2.75, 3.05) is 13.6 Å². The standard InChI is InChI=1S/C19H24N2O3S/c1-3-4-13-21(2)19(22)17-11-8-12-18(14-17)25(23,24)20-15-16-9-6-5-7-10-16/h5-12,14,20H,3-4,13,15H2,1-2H3. The molecule has 0 aliphatic rings. The Morgan fingerprint density at radius 3 is 2.48 bits per heavy atom. The molecule has 6 heteroatoms. The third kappa shape index (κ3) is 5.41. The molecule has 2 rings (SSSR count). The summed E-state index contributed by atoms with van der Waals surface area (Å²) in [6.07, 6.45) is 1.91. The van der Waals surface area contributed by atoms with Gasteiger partial charge in [0.25, 0.3) is 5.91 Å². The fourth-order valence-electron chi connectivity index (χ4n) is 2.37. The molecule has 5 nitrogen and oxygen atoms in total. The van der Waals surface area contributed by atoms with Gasteiger partial charge < -0.3 is 4.90 Å². The normalized spacial score (nSPS) is 11.3. The van der Waals surface area contributed by atoms with E-state index in [2.05, 4.69) is 11.6 Å². The summed E-state index contributed by atoms with van der Waals surface area (Å²) in [6.45, 7) is 2.92. The first-order chi connectivity index (χ1) is 11.9. The van der Waals surface area contributed by atoms with Gasteiger partial charge in [-0.15, -0.1) is 0 Å². The highest BCUT2D eigenvalue weighted by Crippen LogP contribution is 2.14. The monoisotopic (exact) mass is 360 g/mol. The van der Waals surface area contributed by atoms with Gasteiger partial charge in [-0.25, -0.2) is 13.1 Å². The number of carbonyl (C=O) groups is 1. The highest BCUT2D eigenvalue weighted by atomic mass is 32.2. The van der Waals surface area contributed by atoms with E-state index in [1.165, 1.54) is 12.1 Å². The van der Waals surface area contributed by atoms with Gasteiger partial charge in [0.2, 0.25) is 10.0 Å². The Morgan fingerprint density at radius 1 is 1.08 bits per heavy atom. The molecule has 1 amide bonds. The summed E-state index contributed by atoms with van der Waals surface area (Å²) in [7, 11) is -1.95. The minimum atomic E-state index is -3.68. The van der Waals surface area contributed by atoms with Crippen LogP contribution in [0.25, 0.3) is 0 Å². The molecule has 2 aromatic carbocycles. The van der Waals surface area contributed by atoms with Crippen molar-refractivity contribution < 1.29 is 13.2 Å². The Bertz CT molecular complexity index is 804. The fourth-order valence-corrected chi connectivity index (χ4v) is 3.43. The molecule has 134 valence electrons. The SMILES string of the molecule is CCCCN(C)C(=O)c1cccc(S(=O)(=O)NCc2ccccc2)c1. The number of nitrogens with one attached hydrogen (secondary N) is 1. The Hall–Kier alpha value is -2.18. The number of hydrogen-bond donors (Lipinski definition) is 1. The molecule has 25 heavy (non-hydrogen) atoms. The quantitative estimate of drug-likeness (QED) is 0.787. The lowest BCUT2D eigenvalue weighted by atomic mass is 10.2. The second kappa shape index (κ2) is 8.78. The van der Waals surface area contributed by atoms with Crippen LogP contribution in [0.1, 0.15) is 35.7 Å². The van der Waals surface area contributed by atoms with Crippen LogP contribution in [-0.4, -0.2) is 32.8 Å². The molecule has 0 saturated heterocycles. The zero-order chi connectivity index (χ0) is 18.3. The molecule has 0 unspecified atom stereocenters. The van der Waals surface area contributed by atoms with Gasteiger partial charge in [-0.05, 0) is 30.2 Å². The minimum Gasteiger partial charge on any atom is -0.342 e. The van der Waals surface area contributed by atoms with E-state index in [1.807, 2.05) is 30.3 Å². The molecule has 2 aromatic rings. The van der Waals surface area contributed by atoms with Crippen LogP contribution in [0.5, 0.6) is 0 Å². The van der Waals surface area contributed by atoms with Crippen molar-refractivity contribution in [2.45, 2.75) is 31.2 Å². The number of sulfonamides is 1. The molecular formula is C19H24N2O3S. The summed E-state index contributed by atoms with van der Waals surface area (Å²) in [5.41, 5.74) is 1.25. The van der Waals surface area contributed by atoms with Crippen molar-refractivity contribution in [2.24, 2.45) is 0 Å². The van der Waals surface area contributed by atoms with E-state index in [-0.39, 0.29) is 17.3 Å². The van der Waals surface area contributed by atoms with Gasteiger partial charge in [0.1, 0.15) is 0 Å². The van der Waals surface area contributed by atoms with Gasteiger partial charge in [0.15, 0.2) is 0 Å². The topological polar surface area (TPSA) is 66.5 Å². The molecule has 0 aromatic heterocycles. The summed E-state index contributed by atoms with van der Waals surface area (Å²) in [6, 6.07) is 15.5. The van der Waals surface area contributed by atoms with E-state index in [4.69, 9.17) is 0 Å². The first-order valence-corrected chi connectivity index (χ1v) is 9.81. The largest absolute Gasteiger partial charge is 0.342 e. The number of hydrogen-bond acceptors (Lipinski definition) is 3. The Labute approximate surface area is 149 Å². The molecule has 0 bridgehead atoms. The second-order valence-electron chi connectivity index (χ2n) is 5.92. The van der Waals surface area contributed by atoms with Crippen molar-refractivity contribution in [3.8, 4) is 0 Å². The van der Waals surface area contributed by atoms with E-state index in [1.54, 1.807) is 24.1 Å². The van der Waals surface area contributed by atoms with Crippen LogP contribution < -0.4 is 4.72 Å². The fraction of sp³-hybridized carbons (Fsp3) is 0.316. The molecule has 0 saturated carbocycles. The highest BCUT2D eigenvalue weighted by molar-refractivity contribution is 7.89. The van der Waals surface area contributed by atoms with Crippen LogP contribution in [0.15, 0.2) is 59.5 Å². The van der Waals surface area contributed by atoms with Crippen molar-refractivity contribution >= 4 is 15.9 Å². The summed E-state index contributed by atoms with van der Waals surface area (Å²) in [4.78, 5) is 14.1. The average Bonchev–Trinajstić information content (AvgIpc) is 2.65. The van der Waals surface area contributed by atoms with Crippen LogP contribution >= 0.6 is 0 Å². The molecule has 0 aliphatic heterocycles. The number of benzene rings is 2. The maximum Gasteiger partial charge on any atom is 0.253 e. The number of carbonyl (C=O) groups excluding carboxylic acids is 1. The molecule has 0 heterocycles. The van der Waals surface area contributed by atoms with Crippen molar-refractivity contribution in [1.29, 1.82) is 0 Å². The van der Waals surface area contributed by atoms with Crippen molar-refractivity contribution in [1.82, 2.24) is 9.62 Å². The average molecular weight is 360 g/mol. The zero-order valence-electron chi connectivity index (χ0n) is 14.6. The van der Waals surface area contributed by atoms with E-state index < -0.39 is 10.0 Å². The molecule has 0 aliphatic carbocycles. The van der Waals surface area contributed by atoms with Gasteiger partial charge >= 0.3 is 0 Å². The molecule has 0 atom stereocenters. The van der Waals surface area contributed by atoms with E-state index in [0.717, 1.165) is 18.4 Å². The number of nitrogens with zero attached hydrogens (tertiary/aromatic N) is 1. The summed E-state index contributed by atoms with van der Waals surface area (Å²) in [5, 5.41) is 0. The van der Waals surface area contributed by atoms with E-state index >= 15 is 0 Å². The lowest BCUT2D eigenvalue weighted by molar-refractivity contribution is 0.0793. The van der Waals surface area contributed by atoms with Crippen molar-refractivity contribution in [3.63, 3.8) is 0 Å². The lowest BCUT2D eigenvalue weighted by Crippen LogP contribution is -2.28. The van der Waals surface area contributed by atoms with Gasteiger partial charge in [-0.1, -0.05) is 49.7 Å². The molecular weight excluding hydrogens is 336 g/mol. The van der Waals surface area contributed by atoms with E-state index in [0.29, 0.717) is 12.1 Å². The first kappa shape index (κ1) is 19.1. The van der Waals surface area contributed by atoms with Crippen molar-refractivity contribution in [3.05, 3.63) is 65.7 Å². The molecule has 0 spiro atoms. The number of amides is 1. The molecule has 1 N–H and O–H groups in total. The molecule has 0 radical (unpaired) electrons. The number of rotatable bonds is 8. The molecule has 0 fully saturated rings. The third-order valence-electron chi connectivity index (χ3n) is 3.89. The Balaban J connectivity index is 2.12. The van der Waals surface area contributed by atoms with Crippen LogP contribution in [0.3, 0.4) is 0 Å². The Morgan fingerprint density at radius 2 is 1.80 bits per heavy atom. The maximum absolute atomic E-state index is 12.5. The maximum atomic E-state index is 12.5. The van der Waals surface area contributed by atoms with Gasteiger partial charge in [-0.3, -0.25) is 4.79 Å². The predicted molar refractivity (Wildman–Crippen MR) is 98.8 cm³/mol. The Kier molecular flexibility index (Phi) is 6.73. The first-order valence-electron chi connectivity index (χ1n) is 8.33. The van der Waals surface area contributed by atoms with E-state index in [9.17, 15) is 13.2 Å². The van der Waals surface area contributed by atoms with Gasteiger partial charge in [0.05, 0.1) is 4.90 Å². The highest BCUT2D eigenvalue weighted by Gasteiger charge is 2.17. The predicted octanol–water partition coefficient (Wildman–Crippen LogP) is 3.04. The van der Waals surface area contributed by atoms with Crippen LogP contribution in [0.2, 0.25) is 0 Å².